The maximum atomic E-state index is 12.7. The van der Waals surface area contributed by atoms with Gasteiger partial charge in [-0.15, -0.1) is 0 Å². The molecular weight excluding hydrogens is 353 g/mol. The predicted octanol–water partition coefficient (Wildman–Crippen LogP) is 4.34. The van der Waals surface area contributed by atoms with Gasteiger partial charge in [0.1, 0.15) is 6.17 Å². The van der Waals surface area contributed by atoms with E-state index in [0.29, 0.717) is 19.5 Å². The van der Waals surface area contributed by atoms with Gasteiger partial charge in [0.05, 0.1) is 12.1 Å². The first-order chi connectivity index (χ1) is 12.7. The Hall–Kier alpha value is -2.34. The van der Waals surface area contributed by atoms with E-state index in [0.717, 1.165) is 23.3 Å². The van der Waals surface area contributed by atoms with Gasteiger partial charge in [0.15, 0.2) is 0 Å². The maximum Gasteiger partial charge on any atom is 0.416 e. The molecule has 1 aliphatic heterocycles. The minimum absolute atomic E-state index is 0.0349. The molecule has 2 aromatic carbocycles. The van der Waals surface area contributed by atoms with Crippen LogP contribution in [0.5, 0.6) is 0 Å². The fourth-order valence-corrected chi connectivity index (χ4v) is 3.48. The number of aryl methyl sites for hydroxylation is 2. The quantitative estimate of drug-likeness (QED) is 0.793. The van der Waals surface area contributed by atoms with Crippen molar-refractivity contribution >= 4 is 5.91 Å². The number of benzene rings is 2. The van der Waals surface area contributed by atoms with Gasteiger partial charge in [-0.25, -0.2) is 0 Å². The number of hydrogen-bond donors (Lipinski definition) is 0. The summed E-state index contributed by atoms with van der Waals surface area (Å²) in [6, 6.07) is 11.3. The molecule has 1 atom stereocenters. The molecule has 2 aromatic rings. The molecule has 1 amide bonds. The normalized spacial score (nSPS) is 18.4. The summed E-state index contributed by atoms with van der Waals surface area (Å²) in [7, 11) is 1.91. The van der Waals surface area contributed by atoms with Crippen LogP contribution in [0.4, 0.5) is 13.2 Å². The van der Waals surface area contributed by atoms with E-state index in [1.165, 1.54) is 23.3 Å². The minimum atomic E-state index is -4.33. The lowest BCUT2D eigenvalue weighted by Crippen LogP contribution is -2.32. The Kier molecular flexibility index (Phi) is 5.29. The predicted molar refractivity (Wildman–Crippen MR) is 98.1 cm³/mol. The van der Waals surface area contributed by atoms with Crippen molar-refractivity contribution in [2.45, 2.75) is 32.6 Å². The average molecular weight is 376 g/mol. The number of nitrogens with zero attached hydrogens (tertiary/aromatic N) is 2. The highest BCUT2D eigenvalue weighted by molar-refractivity contribution is 5.81. The molecule has 0 N–H and O–H groups in total. The van der Waals surface area contributed by atoms with Crippen LogP contribution in [-0.2, 0) is 17.4 Å². The fourth-order valence-electron chi connectivity index (χ4n) is 3.48. The number of alkyl halides is 3. The topological polar surface area (TPSA) is 23.6 Å². The minimum Gasteiger partial charge on any atom is -0.321 e. The molecule has 27 heavy (non-hydrogen) atoms. The van der Waals surface area contributed by atoms with E-state index in [1.54, 1.807) is 0 Å². The van der Waals surface area contributed by atoms with Gasteiger partial charge < -0.3 is 4.90 Å². The molecule has 6 heteroatoms. The molecule has 0 spiro atoms. The Morgan fingerprint density at radius 1 is 1.04 bits per heavy atom. The summed E-state index contributed by atoms with van der Waals surface area (Å²) in [6.45, 7) is 4.89. The van der Waals surface area contributed by atoms with Gasteiger partial charge in [0.2, 0.25) is 5.91 Å². The van der Waals surface area contributed by atoms with E-state index in [-0.39, 0.29) is 12.1 Å². The molecule has 3 nitrogen and oxygen atoms in total. The Morgan fingerprint density at radius 3 is 2.30 bits per heavy atom. The number of carbonyl (C=O) groups is 1. The number of rotatable bonds is 4. The first-order valence-electron chi connectivity index (χ1n) is 8.90. The smallest absolute Gasteiger partial charge is 0.321 e. The largest absolute Gasteiger partial charge is 0.416 e. The third-order valence-electron chi connectivity index (χ3n) is 5.17. The summed E-state index contributed by atoms with van der Waals surface area (Å²) in [5.74, 6) is 0.0349. The number of carbonyl (C=O) groups excluding carboxylic acids is 1. The van der Waals surface area contributed by atoms with Gasteiger partial charge >= 0.3 is 6.18 Å². The van der Waals surface area contributed by atoms with Crippen LogP contribution < -0.4 is 0 Å². The van der Waals surface area contributed by atoms with Crippen molar-refractivity contribution in [2.24, 2.45) is 0 Å². The monoisotopic (exact) mass is 376 g/mol. The third kappa shape index (κ3) is 4.16. The standard InChI is InChI=1S/C21H23F3N2O/c1-14-4-7-17(12-15(14)2)20-25(3)13-19(27)26(20)11-10-16-5-8-18(9-6-16)21(22,23)24/h4-9,12,20H,10-11,13H2,1-3H3. The van der Waals surface area contributed by atoms with Gasteiger partial charge in [-0.05, 0) is 61.7 Å². The molecule has 0 aromatic heterocycles. The summed E-state index contributed by atoms with van der Waals surface area (Å²) in [5, 5.41) is 0. The first-order valence-corrected chi connectivity index (χ1v) is 8.90. The second-order valence-electron chi connectivity index (χ2n) is 7.16. The second kappa shape index (κ2) is 7.35. The lowest BCUT2D eigenvalue weighted by Gasteiger charge is -2.29. The second-order valence-corrected chi connectivity index (χ2v) is 7.16. The van der Waals surface area contributed by atoms with Crippen molar-refractivity contribution in [3.05, 3.63) is 70.3 Å². The number of hydrogen-bond acceptors (Lipinski definition) is 2. The van der Waals surface area contributed by atoms with E-state index >= 15 is 0 Å². The zero-order valence-corrected chi connectivity index (χ0v) is 15.7. The van der Waals surface area contributed by atoms with Crippen LogP contribution in [0.15, 0.2) is 42.5 Å². The molecule has 1 unspecified atom stereocenters. The lowest BCUT2D eigenvalue weighted by molar-refractivity contribution is -0.137. The van der Waals surface area contributed by atoms with Crippen LogP contribution in [0.1, 0.15) is 34.0 Å². The summed E-state index contributed by atoms with van der Waals surface area (Å²) in [6.07, 6.45) is -3.97. The Balaban J connectivity index is 1.75. The van der Waals surface area contributed by atoms with E-state index < -0.39 is 11.7 Å². The van der Waals surface area contributed by atoms with Crippen LogP contribution >= 0.6 is 0 Å². The molecule has 0 bridgehead atoms. The molecule has 0 saturated carbocycles. The average Bonchev–Trinajstić information content (AvgIpc) is 2.88. The Morgan fingerprint density at radius 2 is 1.70 bits per heavy atom. The molecule has 144 valence electrons. The summed E-state index contributed by atoms with van der Waals surface area (Å²) < 4.78 is 38.1. The maximum absolute atomic E-state index is 12.7. The van der Waals surface area contributed by atoms with Crippen LogP contribution in [0.2, 0.25) is 0 Å². The van der Waals surface area contributed by atoms with Crippen molar-refractivity contribution < 1.29 is 18.0 Å². The van der Waals surface area contributed by atoms with Crippen molar-refractivity contribution in [3.63, 3.8) is 0 Å². The molecular formula is C21H23F3N2O. The van der Waals surface area contributed by atoms with E-state index in [9.17, 15) is 18.0 Å². The summed E-state index contributed by atoms with van der Waals surface area (Å²) in [5.41, 5.74) is 3.55. The molecule has 0 aliphatic carbocycles. The number of halogens is 3. The fraction of sp³-hybridized carbons (Fsp3) is 0.381. The summed E-state index contributed by atoms with van der Waals surface area (Å²) >= 11 is 0. The van der Waals surface area contributed by atoms with Crippen molar-refractivity contribution in [2.75, 3.05) is 20.1 Å². The van der Waals surface area contributed by atoms with Crippen molar-refractivity contribution in [1.82, 2.24) is 9.80 Å². The van der Waals surface area contributed by atoms with Crippen LogP contribution in [0, 0.1) is 13.8 Å². The number of likely N-dealkylation sites (N-methyl/N-ethyl adjacent to an activating group) is 1. The van der Waals surface area contributed by atoms with Gasteiger partial charge in [-0.2, -0.15) is 13.2 Å². The van der Waals surface area contributed by atoms with Crippen LogP contribution in [-0.4, -0.2) is 35.8 Å². The molecule has 1 heterocycles. The summed E-state index contributed by atoms with van der Waals surface area (Å²) in [4.78, 5) is 16.3. The van der Waals surface area contributed by atoms with Gasteiger partial charge in [0.25, 0.3) is 0 Å². The van der Waals surface area contributed by atoms with Crippen LogP contribution in [0.25, 0.3) is 0 Å². The highest BCUT2D eigenvalue weighted by atomic mass is 19.4. The first kappa shape index (κ1) is 19.4. The molecule has 1 saturated heterocycles. The van der Waals surface area contributed by atoms with Crippen molar-refractivity contribution in [3.8, 4) is 0 Å². The zero-order chi connectivity index (χ0) is 19.8. The highest BCUT2D eigenvalue weighted by Gasteiger charge is 2.36. The molecule has 1 aliphatic rings. The van der Waals surface area contributed by atoms with E-state index in [4.69, 9.17) is 0 Å². The third-order valence-corrected chi connectivity index (χ3v) is 5.17. The number of amides is 1. The van der Waals surface area contributed by atoms with Gasteiger partial charge in [-0.3, -0.25) is 9.69 Å². The Labute approximate surface area is 157 Å². The molecule has 3 rings (SSSR count). The van der Waals surface area contributed by atoms with Gasteiger partial charge in [0, 0.05) is 6.54 Å². The zero-order valence-electron chi connectivity index (χ0n) is 15.7. The van der Waals surface area contributed by atoms with Gasteiger partial charge in [-0.1, -0.05) is 30.3 Å². The molecule has 1 fully saturated rings. The highest BCUT2D eigenvalue weighted by Crippen LogP contribution is 2.31. The van der Waals surface area contributed by atoms with E-state index in [1.807, 2.05) is 36.8 Å². The lowest BCUT2D eigenvalue weighted by atomic mass is 10.0. The SMILES string of the molecule is Cc1ccc(C2N(C)CC(=O)N2CCc2ccc(C(F)(F)F)cc2)cc1C. The van der Waals surface area contributed by atoms with E-state index in [2.05, 4.69) is 12.1 Å². The Bertz CT molecular complexity index is 830. The van der Waals surface area contributed by atoms with Crippen molar-refractivity contribution in [1.29, 1.82) is 0 Å². The molecule has 0 radical (unpaired) electrons. The van der Waals surface area contributed by atoms with Crippen LogP contribution in [0.3, 0.4) is 0 Å².